The fourth-order valence-corrected chi connectivity index (χ4v) is 4.35. The van der Waals surface area contributed by atoms with Crippen molar-refractivity contribution in [3.63, 3.8) is 0 Å². The van der Waals surface area contributed by atoms with Gasteiger partial charge in [-0.2, -0.15) is 0 Å². The number of carbonyl (C=O) groups is 2. The lowest BCUT2D eigenvalue weighted by atomic mass is 9.72. The number of carbonyl (C=O) groups excluding carboxylic acids is 2. The van der Waals surface area contributed by atoms with E-state index in [4.69, 9.17) is 4.74 Å². The van der Waals surface area contributed by atoms with Gasteiger partial charge in [0.1, 0.15) is 5.76 Å². The van der Waals surface area contributed by atoms with Gasteiger partial charge in [0.05, 0.1) is 5.92 Å². The van der Waals surface area contributed by atoms with E-state index in [0.29, 0.717) is 29.7 Å². The molecule has 2 aromatic rings. The maximum absolute atomic E-state index is 13.3. The minimum Gasteiger partial charge on any atom is -0.485 e. The molecule has 4 heteroatoms. The fraction of sp³-hybridized carbons (Fsp3) is 0.304. The zero-order valence-corrected chi connectivity index (χ0v) is 17.0. The highest BCUT2D eigenvalue weighted by atomic mass is 79.9. The summed E-state index contributed by atoms with van der Waals surface area (Å²) in [7, 11) is 0. The summed E-state index contributed by atoms with van der Waals surface area (Å²) in [6.07, 6.45) is 0.468. The second kappa shape index (κ2) is 6.75. The van der Waals surface area contributed by atoms with Crippen LogP contribution < -0.4 is 0 Å². The molecule has 0 radical (unpaired) electrons. The standard InChI is InChI=1S/C23H21BrO3/c1-23(2)12-17(25)20-18(13-23)27-22(19(20)14-6-4-3-5-7-14)21(26)15-8-10-16(24)11-9-15/h3-11,19,22H,12-13H2,1-2H3. The van der Waals surface area contributed by atoms with E-state index in [9.17, 15) is 9.59 Å². The molecular formula is C23H21BrO3. The zero-order valence-electron chi connectivity index (χ0n) is 15.4. The molecule has 0 N–H and O–H groups in total. The highest BCUT2D eigenvalue weighted by molar-refractivity contribution is 9.10. The number of ether oxygens (including phenoxy) is 1. The molecule has 0 saturated carbocycles. The van der Waals surface area contributed by atoms with Gasteiger partial charge in [-0.25, -0.2) is 0 Å². The van der Waals surface area contributed by atoms with E-state index in [-0.39, 0.29) is 22.9 Å². The first-order valence-electron chi connectivity index (χ1n) is 9.13. The van der Waals surface area contributed by atoms with Gasteiger partial charge in [0.15, 0.2) is 11.9 Å². The van der Waals surface area contributed by atoms with Crippen LogP contribution in [0.2, 0.25) is 0 Å². The Balaban J connectivity index is 1.77. The van der Waals surface area contributed by atoms with E-state index in [2.05, 4.69) is 29.8 Å². The second-order valence-corrected chi connectivity index (χ2v) is 8.99. The van der Waals surface area contributed by atoms with Crippen LogP contribution in [-0.4, -0.2) is 17.7 Å². The average Bonchev–Trinajstić information content (AvgIpc) is 3.01. The molecule has 0 bridgehead atoms. The Labute approximate surface area is 167 Å². The Morgan fingerprint density at radius 1 is 1.04 bits per heavy atom. The lowest BCUT2D eigenvalue weighted by Crippen LogP contribution is -2.29. The quantitative estimate of drug-likeness (QED) is 0.614. The number of halogens is 1. The Morgan fingerprint density at radius 2 is 1.70 bits per heavy atom. The van der Waals surface area contributed by atoms with Crippen LogP contribution in [-0.2, 0) is 9.53 Å². The van der Waals surface area contributed by atoms with Gasteiger partial charge in [-0.1, -0.05) is 72.2 Å². The highest BCUT2D eigenvalue weighted by Crippen LogP contribution is 2.49. The SMILES string of the molecule is CC1(C)CC(=O)C2=C(C1)OC(C(=O)c1ccc(Br)cc1)C2c1ccccc1. The van der Waals surface area contributed by atoms with Crippen LogP contribution in [0.1, 0.15) is 48.5 Å². The summed E-state index contributed by atoms with van der Waals surface area (Å²) in [5, 5.41) is 0. The molecule has 1 heterocycles. The molecule has 2 atom stereocenters. The Bertz CT molecular complexity index is 926. The van der Waals surface area contributed by atoms with Crippen LogP contribution in [0.5, 0.6) is 0 Å². The topological polar surface area (TPSA) is 43.4 Å². The minimum absolute atomic E-state index is 0.0867. The van der Waals surface area contributed by atoms with Crippen molar-refractivity contribution in [3.8, 4) is 0 Å². The molecule has 4 rings (SSSR count). The third kappa shape index (κ3) is 3.39. The Morgan fingerprint density at radius 3 is 2.37 bits per heavy atom. The van der Waals surface area contributed by atoms with Gasteiger partial charge in [0.2, 0.25) is 5.78 Å². The lowest BCUT2D eigenvalue weighted by molar-refractivity contribution is -0.118. The van der Waals surface area contributed by atoms with Crippen molar-refractivity contribution < 1.29 is 14.3 Å². The predicted molar refractivity (Wildman–Crippen MR) is 108 cm³/mol. The molecule has 1 aliphatic carbocycles. The van der Waals surface area contributed by atoms with E-state index < -0.39 is 6.10 Å². The number of hydrogen-bond acceptors (Lipinski definition) is 3. The molecule has 1 aliphatic heterocycles. The summed E-state index contributed by atoms with van der Waals surface area (Å²) in [5.41, 5.74) is 2.09. The van der Waals surface area contributed by atoms with E-state index >= 15 is 0 Å². The van der Waals surface area contributed by atoms with Gasteiger partial charge in [-0.05, 0) is 23.1 Å². The van der Waals surface area contributed by atoms with Crippen molar-refractivity contribution in [2.24, 2.45) is 5.41 Å². The smallest absolute Gasteiger partial charge is 0.204 e. The van der Waals surface area contributed by atoms with Gasteiger partial charge in [-0.15, -0.1) is 0 Å². The molecule has 0 aromatic heterocycles. The maximum Gasteiger partial charge on any atom is 0.204 e. The van der Waals surface area contributed by atoms with Gasteiger partial charge in [-0.3, -0.25) is 9.59 Å². The Hall–Kier alpha value is -2.20. The maximum atomic E-state index is 13.3. The van der Waals surface area contributed by atoms with Crippen molar-refractivity contribution in [2.45, 2.75) is 38.7 Å². The molecule has 138 valence electrons. The molecule has 2 unspecified atom stereocenters. The van der Waals surface area contributed by atoms with Crippen LogP contribution in [0.4, 0.5) is 0 Å². The van der Waals surface area contributed by atoms with E-state index in [0.717, 1.165) is 10.0 Å². The van der Waals surface area contributed by atoms with Gasteiger partial charge in [0, 0.05) is 28.5 Å². The van der Waals surface area contributed by atoms with Crippen molar-refractivity contribution in [2.75, 3.05) is 0 Å². The number of allylic oxidation sites excluding steroid dienone is 1. The van der Waals surface area contributed by atoms with Crippen LogP contribution in [0.15, 0.2) is 70.4 Å². The third-order valence-electron chi connectivity index (χ3n) is 5.31. The summed E-state index contributed by atoms with van der Waals surface area (Å²) in [5.74, 6) is 0.360. The minimum atomic E-state index is -0.698. The average molecular weight is 425 g/mol. The fourth-order valence-electron chi connectivity index (χ4n) is 4.09. The van der Waals surface area contributed by atoms with E-state index in [1.807, 2.05) is 42.5 Å². The normalized spacial score (nSPS) is 23.7. The first kappa shape index (κ1) is 18.2. The Kier molecular flexibility index (Phi) is 4.55. The van der Waals surface area contributed by atoms with Crippen LogP contribution in [0, 0.1) is 5.41 Å². The molecule has 0 fully saturated rings. The number of hydrogen-bond donors (Lipinski definition) is 0. The second-order valence-electron chi connectivity index (χ2n) is 8.08. The summed E-state index contributed by atoms with van der Waals surface area (Å²) >= 11 is 3.40. The van der Waals surface area contributed by atoms with Crippen molar-refractivity contribution in [1.82, 2.24) is 0 Å². The monoisotopic (exact) mass is 424 g/mol. The van der Waals surface area contributed by atoms with E-state index in [1.54, 1.807) is 12.1 Å². The van der Waals surface area contributed by atoms with Gasteiger partial charge < -0.3 is 4.74 Å². The van der Waals surface area contributed by atoms with Gasteiger partial charge in [0.25, 0.3) is 0 Å². The van der Waals surface area contributed by atoms with E-state index in [1.165, 1.54) is 0 Å². The van der Waals surface area contributed by atoms with Crippen molar-refractivity contribution in [3.05, 3.63) is 81.5 Å². The van der Waals surface area contributed by atoms with Crippen molar-refractivity contribution in [1.29, 1.82) is 0 Å². The van der Waals surface area contributed by atoms with Crippen molar-refractivity contribution >= 4 is 27.5 Å². The largest absolute Gasteiger partial charge is 0.485 e. The number of benzene rings is 2. The van der Waals surface area contributed by atoms with Crippen LogP contribution in [0.25, 0.3) is 0 Å². The van der Waals surface area contributed by atoms with Crippen LogP contribution >= 0.6 is 15.9 Å². The highest BCUT2D eigenvalue weighted by Gasteiger charge is 2.48. The summed E-state index contributed by atoms with van der Waals surface area (Å²) in [6, 6.07) is 17.0. The van der Waals surface area contributed by atoms with Crippen LogP contribution in [0.3, 0.4) is 0 Å². The summed E-state index contributed by atoms with van der Waals surface area (Å²) in [4.78, 5) is 26.2. The molecule has 2 aromatic carbocycles. The molecule has 0 amide bonds. The number of Topliss-reactive ketones (excluding diaryl/α,β-unsaturated/α-hetero) is 2. The molecule has 3 nitrogen and oxygen atoms in total. The summed E-state index contributed by atoms with van der Waals surface area (Å²) in [6.45, 7) is 4.14. The summed E-state index contributed by atoms with van der Waals surface area (Å²) < 4.78 is 7.10. The molecule has 0 saturated heterocycles. The number of ketones is 2. The first-order valence-corrected chi connectivity index (χ1v) is 9.93. The molecule has 0 spiro atoms. The lowest BCUT2D eigenvalue weighted by Gasteiger charge is -2.29. The predicted octanol–water partition coefficient (Wildman–Crippen LogP) is 5.46. The molecule has 2 aliphatic rings. The molecule has 27 heavy (non-hydrogen) atoms. The van der Waals surface area contributed by atoms with Gasteiger partial charge >= 0.3 is 0 Å². The number of rotatable bonds is 3. The third-order valence-corrected chi connectivity index (χ3v) is 5.84. The first-order chi connectivity index (χ1) is 12.9. The zero-order chi connectivity index (χ0) is 19.2. The molecular weight excluding hydrogens is 404 g/mol.